The molecule has 11 rings (SSSR count). The first-order chi connectivity index (χ1) is 26.8. The van der Waals surface area contributed by atoms with Crippen molar-refractivity contribution >= 4 is 49.6 Å². The smallest absolute Gasteiger partial charge is 0.0547 e. The third-order valence-corrected chi connectivity index (χ3v) is 11.0. The molecule has 0 amide bonds. The molecule has 0 N–H and O–H groups in total. The van der Waals surface area contributed by atoms with E-state index in [1.165, 1.54) is 66.0 Å². The summed E-state index contributed by atoms with van der Waals surface area (Å²) in [5, 5.41) is 4.95. The van der Waals surface area contributed by atoms with Gasteiger partial charge in [0, 0.05) is 51.5 Å². The van der Waals surface area contributed by atoms with Crippen molar-refractivity contribution in [2.75, 3.05) is 4.90 Å². The van der Waals surface area contributed by atoms with Gasteiger partial charge in [-0.05, 0) is 116 Å². The molecule has 2 aromatic heterocycles. The first-order valence-corrected chi connectivity index (χ1v) is 18.5. The average Bonchev–Trinajstić information content (AvgIpc) is 3.51. The van der Waals surface area contributed by atoms with Gasteiger partial charge in [-0.15, -0.1) is 0 Å². The first kappa shape index (κ1) is 30.4. The van der Waals surface area contributed by atoms with Gasteiger partial charge in [-0.1, -0.05) is 121 Å². The van der Waals surface area contributed by atoms with Crippen LogP contribution in [-0.2, 0) is 0 Å². The Morgan fingerprint density at radius 1 is 0.389 bits per heavy atom. The molecule has 0 unspecified atom stereocenters. The van der Waals surface area contributed by atoms with Crippen LogP contribution in [0.5, 0.6) is 0 Å². The molecule has 3 nitrogen and oxygen atoms in total. The highest BCUT2D eigenvalue weighted by molar-refractivity contribution is 6.18. The largest absolute Gasteiger partial charge is 0.310 e. The molecular formula is C51H33N3. The Morgan fingerprint density at radius 2 is 1.04 bits per heavy atom. The zero-order valence-corrected chi connectivity index (χ0v) is 29.4. The predicted molar refractivity (Wildman–Crippen MR) is 226 cm³/mol. The quantitative estimate of drug-likeness (QED) is 0.180. The van der Waals surface area contributed by atoms with Crippen molar-refractivity contribution in [2.24, 2.45) is 0 Å². The summed E-state index contributed by atoms with van der Waals surface area (Å²) in [7, 11) is 0. The minimum Gasteiger partial charge on any atom is -0.310 e. The third kappa shape index (κ3) is 4.72. The lowest BCUT2D eigenvalue weighted by Gasteiger charge is -2.27. The number of para-hydroxylation sites is 3. The van der Waals surface area contributed by atoms with E-state index in [1.54, 1.807) is 0 Å². The SMILES string of the molecule is c1ccc(-c2cc(N(c3ccccc3)c3ccccc3)cc(-n3c4ccccc4c4cc5c(cc43)-c3cccc4cccc(c34)-c3ccncc3-5)c2)cc1. The summed E-state index contributed by atoms with van der Waals surface area (Å²) in [6.07, 6.45) is 3.96. The topological polar surface area (TPSA) is 21.1 Å². The number of aromatic nitrogens is 2. The Bertz CT molecular complexity index is 2990. The van der Waals surface area contributed by atoms with Crippen LogP contribution in [0.2, 0.25) is 0 Å². The molecule has 0 spiro atoms. The monoisotopic (exact) mass is 687 g/mol. The fraction of sp³-hybridized carbons (Fsp3) is 0. The summed E-state index contributed by atoms with van der Waals surface area (Å²) in [4.78, 5) is 7.02. The number of fused-ring (bicyclic) bond motifs is 8. The lowest BCUT2D eigenvalue weighted by atomic mass is 9.92. The highest BCUT2D eigenvalue weighted by atomic mass is 15.1. The van der Waals surface area contributed by atoms with E-state index in [-0.39, 0.29) is 0 Å². The van der Waals surface area contributed by atoms with Gasteiger partial charge in [0.05, 0.1) is 11.0 Å². The van der Waals surface area contributed by atoms with Crippen LogP contribution in [0.4, 0.5) is 17.1 Å². The molecule has 1 aliphatic rings. The van der Waals surface area contributed by atoms with Gasteiger partial charge in [-0.3, -0.25) is 4.98 Å². The van der Waals surface area contributed by atoms with Crippen molar-refractivity contribution in [3.8, 4) is 50.2 Å². The van der Waals surface area contributed by atoms with Gasteiger partial charge in [-0.2, -0.15) is 0 Å². The number of nitrogens with zero attached hydrogens (tertiary/aromatic N) is 3. The van der Waals surface area contributed by atoms with Crippen molar-refractivity contribution in [2.45, 2.75) is 0 Å². The molecule has 0 radical (unpaired) electrons. The van der Waals surface area contributed by atoms with Gasteiger partial charge in [0.2, 0.25) is 0 Å². The third-order valence-electron chi connectivity index (χ3n) is 11.0. The van der Waals surface area contributed by atoms with Crippen LogP contribution in [0, 0.1) is 0 Å². The minimum absolute atomic E-state index is 1.09. The highest BCUT2D eigenvalue weighted by Crippen LogP contribution is 2.50. The van der Waals surface area contributed by atoms with Crippen LogP contribution in [0.15, 0.2) is 200 Å². The number of anilines is 3. The second kappa shape index (κ2) is 12.2. The summed E-state index contributed by atoms with van der Waals surface area (Å²) in [5.74, 6) is 0. The minimum atomic E-state index is 1.09. The fourth-order valence-corrected chi connectivity index (χ4v) is 8.62. The number of hydrogen-bond acceptors (Lipinski definition) is 2. The predicted octanol–water partition coefficient (Wildman–Crippen LogP) is 13.8. The Balaban J connectivity index is 1.25. The van der Waals surface area contributed by atoms with Gasteiger partial charge in [-0.25, -0.2) is 0 Å². The van der Waals surface area contributed by atoms with Crippen molar-refractivity contribution in [3.63, 3.8) is 0 Å². The first-order valence-electron chi connectivity index (χ1n) is 18.5. The van der Waals surface area contributed by atoms with Gasteiger partial charge in [0.15, 0.2) is 0 Å². The maximum absolute atomic E-state index is 4.67. The molecule has 2 heterocycles. The van der Waals surface area contributed by atoms with E-state index in [9.17, 15) is 0 Å². The van der Waals surface area contributed by atoms with E-state index in [0.29, 0.717) is 0 Å². The van der Waals surface area contributed by atoms with E-state index in [0.717, 1.165) is 33.9 Å². The molecule has 3 heteroatoms. The second-order valence-corrected chi connectivity index (χ2v) is 14.0. The van der Waals surface area contributed by atoms with Crippen molar-refractivity contribution in [3.05, 3.63) is 200 Å². The molecule has 1 aliphatic carbocycles. The molecule has 0 fully saturated rings. The summed E-state index contributed by atoms with van der Waals surface area (Å²) in [6, 6.07) is 68.3. The highest BCUT2D eigenvalue weighted by Gasteiger charge is 2.25. The van der Waals surface area contributed by atoms with Crippen LogP contribution in [0.25, 0.3) is 82.8 Å². The molecule has 54 heavy (non-hydrogen) atoms. The van der Waals surface area contributed by atoms with E-state index >= 15 is 0 Å². The van der Waals surface area contributed by atoms with Crippen molar-refractivity contribution in [1.29, 1.82) is 0 Å². The van der Waals surface area contributed by atoms with Crippen LogP contribution in [-0.4, -0.2) is 9.55 Å². The van der Waals surface area contributed by atoms with Crippen LogP contribution >= 0.6 is 0 Å². The number of hydrogen-bond donors (Lipinski definition) is 0. The Hall–Kier alpha value is -7.23. The summed E-state index contributed by atoms with van der Waals surface area (Å²) >= 11 is 0. The Labute approximate surface area is 313 Å². The zero-order chi connectivity index (χ0) is 35.6. The number of rotatable bonds is 5. The molecule has 0 bridgehead atoms. The fourth-order valence-electron chi connectivity index (χ4n) is 8.62. The summed E-state index contributed by atoms with van der Waals surface area (Å²) in [5.41, 5.74) is 16.3. The molecule has 0 atom stereocenters. The second-order valence-electron chi connectivity index (χ2n) is 14.0. The van der Waals surface area contributed by atoms with Gasteiger partial charge in [0.25, 0.3) is 0 Å². The Kier molecular flexibility index (Phi) is 6.86. The van der Waals surface area contributed by atoms with Gasteiger partial charge < -0.3 is 9.47 Å². The van der Waals surface area contributed by atoms with Crippen molar-refractivity contribution in [1.82, 2.24) is 9.55 Å². The molecule has 0 saturated heterocycles. The lowest BCUT2D eigenvalue weighted by molar-refractivity contribution is 1.17. The summed E-state index contributed by atoms with van der Waals surface area (Å²) in [6.45, 7) is 0. The van der Waals surface area contributed by atoms with Gasteiger partial charge in [0.1, 0.15) is 0 Å². The zero-order valence-electron chi connectivity index (χ0n) is 29.4. The normalized spacial score (nSPS) is 11.7. The summed E-state index contributed by atoms with van der Waals surface area (Å²) < 4.78 is 2.47. The van der Waals surface area contributed by atoms with Crippen molar-refractivity contribution < 1.29 is 0 Å². The molecule has 0 aliphatic heterocycles. The average molecular weight is 688 g/mol. The Morgan fingerprint density at radius 3 is 1.78 bits per heavy atom. The molecule has 10 aromatic rings. The molecule has 0 saturated carbocycles. The molecule has 8 aromatic carbocycles. The number of pyridine rings is 1. The maximum atomic E-state index is 4.67. The standard InChI is InChI=1S/C51H33N3/c1-4-14-34(15-5-1)36-28-39(53(37-18-6-2-7-19-37)38-20-8-3-9-21-38)30-40(29-36)54-49-25-11-10-22-42(49)47-31-45-46(32-50(47)54)44-24-13-17-35-16-12-23-43(51(35)44)41-26-27-52-33-48(41)45/h1-33H. The maximum Gasteiger partial charge on any atom is 0.0547 e. The molecule has 252 valence electrons. The van der Waals surface area contributed by atoms with Crippen LogP contribution < -0.4 is 4.90 Å². The number of benzene rings is 8. The van der Waals surface area contributed by atoms with E-state index < -0.39 is 0 Å². The van der Waals surface area contributed by atoms with E-state index in [4.69, 9.17) is 0 Å². The molecular weight excluding hydrogens is 655 g/mol. The van der Waals surface area contributed by atoms with Gasteiger partial charge >= 0.3 is 0 Å². The lowest BCUT2D eigenvalue weighted by Crippen LogP contribution is -2.10. The van der Waals surface area contributed by atoms with Crippen LogP contribution in [0.3, 0.4) is 0 Å². The van der Waals surface area contributed by atoms with Crippen LogP contribution in [0.1, 0.15) is 0 Å². The van der Waals surface area contributed by atoms with E-state index in [2.05, 4.69) is 203 Å². The van der Waals surface area contributed by atoms with E-state index in [1.807, 2.05) is 12.4 Å².